The average Bonchev–Trinajstić information content (AvgIpc) is 2.78. The molecule has 2 rings (SSSR count). The molecule has 1 fully saturated rings. The van der Waals surface area contributed by atoms with E-state index in [0.717, 1.165) is 6.42 Å². The molecule has 1 aromatic rings. The summed E-state index contributed by atoms with van der Waals surface area (Å²) in [6.45, 7) is 4.49. The molecule has 3 nitrogen and oxygen atoms in total. The van der Waals surface area contributed by atoms with E-state index in [9.17, 15) is 4.79 Å². The van der Waals surface area contributed by atoms with Crippen LogP contribution in [0.25, 0.3) is 6.08 Å². The molecule has 0 aliphatic heterocycles. The molecule has 0 aromatic carbocycles. The molecule has 4 heteroatoms. The van der Waals surface area contributed by atoms with E-state index >= 15 is 0 Å². The molecule has 3 atom stereocenters. The smallest absolute Gasteiger partial charge is 0.244 e. The number of halogens is 1. The number of carbonyl (C=O) groups is 1. The summed E-state index contributed by atoms with van der Waals surface area (Å²) in [5.74, 6) is 1.86. The zero-order valence-electron chi connectivity index (χ0n) is 11.4. The Kier molecular flexibility index (Phi) is 4.86. The number of hydrogen-bond donors (Lipinski definition) is 1. The lowest BCUT2D eigenvalue weighted by atomic mass is 9.78. The summed E-state index contributed by atoms with van der Waals surface area (Å²) in [5, 5.41) is 3.10. The number of furan rings is 1. The Morgan fingerprint density at radius 1 is 1.42 bits per heavy atom. The highest BCUT2D eigenvalue weighted by atomic mass is 79.9. The van der Waals surface area contributed by atoms with Crippen molar-refractivity contribution in [2.24, 2.45) is 11.8 Å². The zero-order chi connectivity index (χ0) is 13.8. The Hall–Kier alpha value is -1.03. The molecule has 1 N–H and O–H groups in total. The molecular weight excluding hydrogens is 306 g/mol. The number of hydrogen-bond acceptors (Lipinski definition) is 2. The van der Waals surface area contributed by atoms with E-state index in [2.05, 4.69) is 35.1 Å². The largest absolute Gasteiger partial charge is 0.450 e. The van der Waals surface area contributed by atoms with Gasteiger partial charge >= 0.3 is 0 Å². The van der Waals surface area contributed by atoms with E-state index in [1.165, 1.54) is 18.9 Å². The third kappa shape index (κ3) is 3.96. The van der Waals surface area contributed by atoms with Gasteiger partial charge in [-0.05, 0) is 52.4 Å². The van der Waals surface area contributed by atoms with Gasteiger partial charge in [-0.15, -0.1) is 0 Å². The minimum absolute atomic E-state index is 0.0431. The normalized spacial score (nSPS) is 27.6. The van der Waals surface area contributed by atoms with Gasteiger partial charge in [0, 0.05) is 12.1 Å². The Morgan fingerprint density at radius 2 is 2.21 bits per heavy atom. The first-order valence-corrected chi connectivity index (χ1v) is 7.59. The van der Waals surface area contributed by atoms with E-state index in [4.69, 9.17) is 4.42 Å². The SMILES string of the molecule is CC1CCCC(NC(=O)/C=C/c2ccc(Br)o2)C1C. The molecular formula is C15H20BrNO2. The van der Waals surface area contributed by atoms with Crippen LogP contribution in [-0.4, -0.2) is 11.9 Å². The fourth-order valence-electron chi connectivity index (χ4n) is 2.59. The molecule has 1 heterocycles. The quantitative estimate of drug-likeness (QED) is 0.853. The van der Waals surface area contributed by atoms with Gasteiger partial charge in [0.1, 0.15) is 5.76 Å². The average molecular weight is 326 g/mol. The lowest BCUT2D eigenvalue weighted by Gasteiger charge is -2.34. The summed E-state index contributed by atoms with van der Waals surface area (Å²) in [5.41, 5.74) is 0. The van der Waals surface area contributed by atoms with Crippen LogP contribution in [-0.2, 0) is 4.79 Å². The summed E-state index contributed by atoms with van der Waals surface area (Å²) in [7, 11) is 0. The number of nitrogens with one attached hydrogen (secondary N) is 1. The topological polar surface area (TPSA) is 42.2 Å². The van der Waals surface area contributed by atoms with Crippen LogP contribution in [0, 0.1) is 11.8 Å². The standard InChI is InChI=1S/C15H20BrNO2/c1-10-4-3-5-13(11(10)2)17-15(18)9-7-12-6-8-14(16)19-12/h6-11,13H,3-5H2,1-2H3,(H,17,18)/b9-7+. The van der Waals surface area contributed by atoms with E-state index in [-0.39, 0.29) is 5.91 Å². The van der Waals surface area contributed by atoms with E-state index < -0.39 is 0 Å². The molecule has 104 valence electrons. The van der Waals surface area contributed by atoms with Gasteiger partial charge in [0.25, 0.3) is 0 Å². The minimum Gasteiger partial charge on any atom is -0.450 e. The monoisotopic (exact) mass is 325 g/mol. The molecule has 1 aliphatic rings. The number of amides is 1. The maximum Gasteiger partial charge on any atom is 0.244 e. The van der Waals surface area contributed by atoms with Crippen molar-refractivity contribution in [2.45, 2.75) is 39.2 Å². The summed E-state index contributed by atoms with van der Waals surface area (Å²) in [6, 6.07) is 3.92. The highest BCUT2D eigenvalue weighted by Gasteiger charge is 2.27. The van der Waals surface area contributed by atoms with E-state index in [1.54, 1.807) is 6.08 Å². The molecule has 0 saturated heterocycles. The number of rotatable bonds is 3. The second kappa shape index (κ2) is 6.42. The first-order valence-electron chi connectivity index (χ1n) is 6.80. The lowest BCUT2D eigenvalue weighted by molar-refractivity contribution is -0.117. The van der Waals surface area contributed by atoms with Gasteiger partial charge in [-0.1, -0.05) is 26.7 Å². The molecule has 1 amide bonds. The van der Waals surface area contributed by atoms with Crippen LogP contribution in [0.4, 0.5) is 0 Å². The van der Waals surface area contributed by atoms with E-state index in [1.807, 2.05) is 12.1 Å². The second-order valence-electron chi connectivity index (χ2n) is 5.36. The van der Waals surface area contributed by atoms with Crippen molar-refractivity contribution < 1.29 is 9.21 Å². The maximum absolute atomic E-state index is 11.9. The molecule has 1 aliphatic carbocycles. The van der Waals surface area contributed by atoms with Crippen LogP contribution >= 0.6 is 15.9 Å². The maximum atomic E-state index is 11.9. The van der Waals surface area contributed by atoms with Gasteiger partial charge in [-0.25, -0.2) is 0 Å². The van der Waals surface area contributed by atoms with Crippen LogP contribution in [0.2, 0.25) is 0 Å². The Bertz CT molecular complexity index is 466. The first-order chi connectivity index (χ1) is 9.06. The summed E-state index contributed by atoms with van der Waals surface area (Å²) < 4.78 is 5.98. The molecule has 1 aromatic heterocycles. The molecule has 1 saturated carbocycles. The first kappa shape index (κ1) is 14.4. The lowest BCUT2D eigenvalue weighted by Crippen LogP contribution is -2.43. The Balaban J connectivity index is 1.88. The van der Waals surface area contributed by atoms with Gasteiger partial charge in [0.05, 0.1) is 0 Å². The highest BCUT2D eigenvalue weighted by molar-refractivity contribution is 9.10. The van der Waals surface area contributed by atoms with Gasteiger partial charge in [0.15, 0.2) is 4.67 Å². The summed E-state index contributed by atoms with van der Waals surface area (Å²) in [6.07, 6.45) is 6.78. The van der Waals surface area contributed by atoms with Crippen molar-refractivity contribution in [3.05, 3.63) is 28.6 Å². The summed E-state index contributed by atoms with van der Waals surface area (Å²) in [4.78, 5) is 11.9. The van der Waals surface area contributed by atoms with Crippen molar-refractivity contribution in [3.63, 3.8) is 0 Å². The van der Waals surface area contributed by atoms with Crippen molar-refractivity contribution >= 4 is 27.9 Å². The predicted molar refractivity (Wildman–Crippen MR) is 79.6 cm³/mol. The van der Waals surface area contributed by atoms with Gasteiger partial charge in [0.2, 0.25) is 5.91 Å². The zero-order valence-corrected chi connectivity index (χ0v) is 12.9. The van der Waals surface area contributed by atoms with Crippen molar-refractivity contribution in [1.82, 2.24) is 5.32 Å². The molecule has 0 bridgehead atoms. The minimum atomic E-state index is -0.0431. The molecule has 3 unspecified atom stereocenters. The van der Waals surface area contributed by atoms with Gasteiger partial charge < -0.3 is 9.73 Å². The predicted octanol–water partition coefficient (Wildman–Crippen LogP) is 4.00. The number of carbonyl (C=O) groups excluding carboxylic acids is 1. The summed E-state index contributed by atoms with van der Waals surface area (Å²) >= 11 is 3.23. The van der Waals surface area contributed by atoms with E-state index in [0.29, 0.717) is 28.3 Å². The van der Waals surface area contributed by atoms with Crippen LogP contribution in [0.3, 0.4) is 0 Å². The second-order valence-corrected chi connectivity index (χ2v) is 6.14. The molecule has 19 heavy (non-hydrogen) atoms. The van der Waals surface area contributed by atoms with Crippen LogP contribution in [0.15, 0.2) is 27.3 Å². The highest BCUT2D eigenvalue weighted by Crippen LogP contribution is 2.29. The van der Waals surface area contributed by atoms with Crippen LogP contribution in [0.1, 0.15) is 38.9 Å². The third-order valence-corrected chi connectivity index (χ3v) is 4.45. The molecule has 0 spiro atoms. The fraction of sp³-hybridized carbons (Fsp3) is 0.533. The Morgan fingerprint density at radius 3 is 2.89 bits per heavy atom. The van der Waals surface area contributed by atoms with Crippen molar-refractivity contribution in [3.8, 4) is 0 Å². The van der Waals surface area contributed by atoms with Crippen molar-refractivity contribution in [1.29, 1.82) is 0 Å². The molecule has 0 radical (unpaired) electrons. The van der Waals surface area contributed by atoms with Crippen LogP contribution < -0.4 is 5.32 Å². The van der Waals surface area contributed by atoms with Gasteiger partial charge in [-0.3, -0.25) is 4.79 Å². The fourth-order valence-corrected chi connectivity index (χ4v) is 2.91. The third-order valence-electron chi connectivity index (χ3n) is 4.03. The Labute approximate surface area is 122 Å². The van der Waals surface area contributed by atoms with Gasteiger partial charge in [-0.2, -0.15) is 0 Å². The van der Waals surface area contributed by atoms with Crippen molar-refractivity contribution in [2.75, 3.05) is 0 Å². The van der Waals surface area contributed by atoms with Crippen LogP contribution in [0.5, 0.6) is 0 Å².